The average Bonchev–Trinajstić information content (AvgIpc) is 2.71. The maximum Gasteiger partial charge on any atom is 0.0903 e. The summed E-state index contributed by atoms with van der Waals surface area (Å²) in [5.41, 5.74) is 11.2. The molecule has 1 saturated heterocycles. The molecule has 0 spiro atoms. The van der Waals surface area contributed by atoms with Gasteiger partial charge in [0, 0.05) is 24.5 Å². The van der Waals surface area contributed by atoms with Gasteiger partial charge in [0.15, 0.2) is 0 Å². The third kappa shape index (κ3) is 3.68. The Labute approximate surface area is 153 Å². The largest absolute Gasteiger partial charge is 0.353 e. The molecule has 3 rings (SSSR count). The Morgan fingerprint density at radius 3 is 1.20 bits per heavy atom. The summed E-state index contributed by atoms with van der Waals surface area (Å²) < 4.78 is 0. The molecule has 1 fully saturated rings. The van der Waals surface area contributed by atoms with E-state index in [0.717, 1.165) is 19.8 Å². The maximum absolute atomic E-state index is 2.59. The van der Waals surface area contributed by atoms with Crippen LogP contribution in [0.25, 0.3) is 0 Å². The molecule has 0 atom stereocenters. The molecule has 0 amide bonds. The quantitative estimate of drug-likeness (QED) is 0.704. The summed E-state index contributed by atoms with van der Waals surface area (Å²) in [4.78, 5) is 5.19. The predicted octanol–water partition coefficient (Wildman–Crippen LogP) is 5.60. The van der Waals surface area contributed by atoms with E-state index in [2.05, 4.69) is 75.6 Å². The third-order valence-corrected chi connectivity index (χ3v) is 5.35. The molecule has 0 unspecified atom stereocenters. The molecule has 25 heavy (non-hydrogen) atoms. The van der Waals surface area contributed by atoms with Crippen molar-refractivity contribution in [2.75, 3.05) is 29.6 Å². The Morgan fingerprint density at radius 2 is 0.880 bits per heavy atom. The second kappa shape index (κ2) is 7.11. The van der Waals surface area contributed by atoms with Crippen LogP contribution >= 0.6 is 0 Å². The van der Waals surface area contributed by atoms with Crippen LogP contribution in [0.5, 0.6) is 0 Å². The van der Waals surface area contributed by atoms with Crippen molar-refractivity contribution >= 4 is 11.4 Å². The Balaban J connectivity index is 1.98. The smallest absolute Gasteiger partial charge is 0.0903 e. The molecular weight excluding hydrogens is 304 g/mol. The zero-order valence-electron chi connectivity index (χ0n) is 16.7. The van der Waals surface area contributed by atoms with Crippen molar-refractivity contribution in [3.63, 3.8) is 0 Å². The number of anilines is 2. The summed E-state index contributed by atoms with van der Waals surface area (Å²) >= 11 is 0. The monoisotopic (exact) mass is 336 g/mol. The van der Waals surface area contributed by atoms with Crippen LogP contribution in [0.4, 0.5) is 11.4 Å². The molecule has 0 bridgehead atoms. The van der Waals surface area contributed by atoms with Gasteiger partial charge in [-0.3, -0.25) is 0 Å². The molecule has 2 nitrogen and oxygen atoms in total. The van der Waals surface area contributed by atoms with E-state index in [4.69, 9.17) is 0 Å². The van der Waals surface area contributed by atoms with Gasteiger partial charge in [0.2, 0.25) is 0 Å². The number of nitrogens with zero attached hydrogens (tertiary/aromatic N) is 2. The third-order valence-electron chi connectivity index (χ3n) is 5.35. The van der Waals surface area contributed by atoms with Gasteiger partial charge in [0.05, 0.1) is 6.67 Å². The molecule has 0 radical (unpaired) electrons. The number of benzene rings is 2. The number of hydrogen-bond donors (Lipinski definition) is 0. The highest BCUT2D eigenvalue weighted by molar-refractivity contribution is 5.64. The second-order valence-corrected chi connectivity index (χ2v) is 7.87. The van der Waals surface area contributed by atoms with Gasteiger partial charge in [-0.15, -0.1) is 0 Å². The van der Waals surface area contributed by atoms with Crippen LogP contribution in [0.15, 0.2) is 24.3 Å². The first-order valence-corrected chi connectivity index (χ1v) is 9.52. The minimum absolute atomic E-state index is 0.982. The van der Waals surface area contributed by atoms with Crippen LogP contribution in [-0.2, 0) is 0 Å². The molecule has 1 aliphatic rings. The van der Waals surface area contributed by atoms with Gasteiger partial charge in [0.1, 0.15) is 0 Å². The number of hydrogen-bond acceptors (Lipinski definition) is 2. The van der Waals surface area contributed by atoms with Gasteiger partial charge < -0.3 is 9.80 Å². The topological polar surface area (TPSA) is 6.48 Å². The molecule has 134 valence electrons. The molecule has 0 aromatic heterocycles. The van der Waals surface area contributed by atoms with E-state index in [-0.39, 0.29) is 0 Å². The Bertz CT molecular complexity index is 664. The van der Waals surface area contributed by atoms with Gasteiger partial charge >= 0.3 is 0 Å². The fraction of sp³-hybridized carbons (Fsp3) is 0.478. The number of rotatable bonds is 2. The normalized spacial score (nSPS) is 15.4. The van der Waals surface area contributed by atoms with Gasteiger partial charge in [-0.2, -0.15) is 0 Å². The Hall–Kier alpha value is -1.96. The molecule has 0 aliphatic carbocycles. The lowest BCUT2D eigenvalue weighted by atomic mass is 10.0. The molecular formula is C23H32N2. The lowest BCUT2D eigenvalue weighted by Crippen LogP contribution is -2.38. The van der Waals surface area contributed by atoms with E-state index in [9.17, 15) is 0 Å². The lowest BCUT2D eigenvalue weighted by molar-refractivity contribution is 0.776. The van der Waals surface area contributed by atoms with E-state index in [1.807, 2.05) is 0 Å². The molecule has 2 aromatic carbocycles. The van der Waals surface area contributed by atoms with Crippen LogP contribution in [0.3, 0.4) is 0 Å². The van der Waals surface area contributed by atoms with E-state index >= 15 is 0 Å². The summed E-state index contributed by atoms with van der Waals surface area (Å²) in [6.07, 6.45) is 2.51. The van der Waals surface area contributed by atoms with Crippen LogP contribution < -0.4 is 9.80 Å². The molecule has 1 aliphatic heterocycles. The van der Waals surface area contributed by atoms with Gasteiger partial charge in [-0.1, -0.05) is 35.4 Å². The van der Waals surface area contributed by atoms with Crippen molar-refractivity contribution in [1.29, 1.82) is 0 Å². The van der Waals surface area contributed by atoms with E-state index in [1.165, 1.54) is 57.6 Å². The summed E-state index contributed by atoms with van der Waals surface area (Å²) in [7, 11) is 0. The van der Waals surface area contributed by atoms with Gasteiger partial charge in [0.25, 0.3) is 0 Å². The van der Waals surface area contributed by atoms with E-state index in [0.29, 0.717) is 0 Å². The first kappa shape index (κ1) is 17.8. The highest BCUT2D eigenvalue weighted by Gasteiger charge is 2.21. The zero-order chi connectivity index (χ0) is 18.1. The lowest BCUT2D eigenvalue weighted by Gasteiger charge is -2.34. The fourth-order valence-corrected chi connectivity index (χ4v) is 4.66. The van der Waals surface area contributed by atoms with E-state index in [1.54, 1.807) is 0 Å². The molecule has 0 saturated carbocycles. The highest BCUT2D eigenvalue weighted by Crippen LogP contribution is 2.32. The van der Waals surface area contributed by atoms with Crippen molar-refractivity contribution in [3.05, 3.63) is 57.6 Å². The number of aryl methyl sites for hydroxylation is 6. The average molecular weight is 337 g/mol. The van der Waals surface area contributed by atoms with Gasteiger partial charge in [-0.25, -0.2) is 0 Å². The highest BCUT2D eigenvalue weighted by atomic mass is 15.3. The van der Waals surface area contributed by atoms with Crippen LogP contribution in [0, 0.1) is 41.5 Å². The summed E-state index contributed by atoms with van der Waals surface area (Å²) in [5, 5.41) is 0. The minimum atomic E-state index is 0.982. The molecule has 2 aromatic rings. The Morgan fingerprint density at radius 1 is 0.560 bits per heavy atom. The van der Waals surface area contributed by atoms with Crippen LogP contribution in [0.1, 0.15) is 46.2 Å². The summed E-state index contributed by atoms with van der Waals surface area (Å²) in [6.45, 7) is 16.7. The van der Waals surface area contributed by atoms with Crippen molar-refractivity contribution in [2.45, 2.75) is 54.4 Å². The summed E-state index contributed by atoms with van der Waals surface area (Å²) in [6, 6.07) is 9.28. The summed E-state index contributed by atoms with van der Waals surface area (Å²) in [5.74, 6) is 0. The Kier molecular flexibility index (Phi) is 5.08. The zero-order valence-corrected chi connectivity index (χ0v) is 16.7. The molecule has 0 N–H and O–H groups in total. The standard InChI is InChI=1S/C23H32N2/c1-16-11-18(3)22(19(4)12-16)24-9-7-8-10-25(15-24)23-20(5)13-17(2)14-21(23)6/h11-14H,7-10,15H2,1-6H3. The second-order valence-electron chi connectivity index (χ2n) is 7.87. The van der Waals surface area contributed by atoms with Crippen molar-refractivity contribution in [2.24, 2.45) is 0 Å². The minimum Gasteiger partial charge on any atom is -0.353 e. The first-order valence-electron chi connectivity index (χ1n) is 9.52. The fourth-order valence-electron chi connectivity index (χ4n) is 4.66. The van der Waals surface area contributed by atoms with Crippen LogP contribution in [-0.4, -0.2) is 19.8 Å². The molecule has 2 heteroatoms. The first-order chi connectivity index (χ1) is 11.9. The maximum atomic E-state index is 2.59. The molecule has 1 heterocycles. The SMILES string of the molecule is Cc1cc(C)c(N2CCCCN(c3c(C)cc(C)cc3C)C2)c(C)c1. The van der Waals surface area contributed by atoms with Crippen molar-refractivity contribution in [1.82, 2.24) is 0 Å². The van der Waals surface area contributed by atoms with Crippen molar-refractivity contribution < 1.29 is 0 Å². The van der Waals surface area contributed by atoms with E-state index < -0.39 is 0 Å². The van der Waals surface area contributed by atoms with Crippen molar-refractivity contribution in [3.8, 4) is 0 Å². The predicted molar refractivity (Wildman–Crippen MR) is 110 cm³/mol. The van der Waals surface area contributed by atoms with Gasteiger partial charge in [-0.05, 0) is 76.6 Å². The van der Waals surface area contributed by atoms with Crippen LogP contribution in [0.2, 0.25) is 0 Å².